The van der Waals surface area contributed by atoms with Crippen molar-refractivity contribution in [3.63, 3.8) is 0 Å². The predicted octanol–water partition coefficient (Wildman–Crippen LogP) is 3.10. The van der Waals surface area contributed by atoms with Gasteiger partial charge in [0.1, 0.15) is 0 Å². The van der Waals surface area contributed by atoms with Gasteiger partial charge in [-0.1, -0.05) is 30.2 Å². The van der Waals surface area contributed by atoms with Crippen molar-refractivity contribution >= 4 is 29.8 Å². The highest BCUT2D eigenvalue weighted by Gasteiger charge is 2.06. The molecule has 1 nitrogen and oxygen atoms in total. The summed E-state index contributed by atoms with van der Waals surface area (Å²) >= 11 is 0. The lowest BCUT2D eigenvalue weighted by molar-refractivity contribution is 1.39. The van der Waals surface area contributed by atoms with Crippen molar-refractivity contribution in [3.05, 3.63) is 48.0 Å². The Labute approximate surface area is 101 Å². The molecule has 0 N–H and O–H groups in total. The van der Waals surface area contributed by atoms with E-state index < -0.39 is 0 Å². The number of para-hydroxylation sites is 1. The largest absolute Gasteiger partial charge is 0.397 e. The van der Waals surface area contributed by atoms with Gasteiger partial charge in [-0.15, -0.1) is 5.92 Å². The Balaban J connectivity index is 2.47. The average molecular weight is 215 g/mol. The maximum absolute atomic E-state index is 6.11. The summed E-state index contributed by atoms with van der Waals surface area (Å²) in [5.74, 6) is 5.95. The van der Waals surface area contributed by atoms with Crippen LogP contribution in [-0.4, -0.2) is 12.5 Å². The third-order valence-electron chi connectivity index (χ3n) is 2.98. The van der Waals surface area contributed by atoms with E-state index in [9.17, 15) is 0 Å². The van der Waals surface area contributed by atoms with Gasteiger partial charge in [-0.2, -0.15) is 0 Å². The van der Waals surface area contributed by atoms with Crippen LogP contribution in [0.25, 0.3) is 21.8 Å². The highest BCUT2D eigenvalue weighted by Crippen LogP contribution is 2.27. The zero-order valence-electron chi connectivity index (χ0n) is 9.57. The Morgan fingerprint density at radius 2 is 1.76 bits per heavy atom. The van der Waals surface area contributed by atoms with E-state index in [1.54, 1.807) is 4.48 Å². The number of hydrogen-bond donors (Lipinski definition) is 0. The van der Waals surface area contributed by atoms with Crippen molar-refractivity contribution in [1.29, 1.82) is 0 Å². The average Bonchev–Trinajstić information content (AvgIpc) is 2.65. The minimum Gasteiger partial charge on any atom is -0.397 e. The number of nitrogens with zero attached hydrogens (tertiary/aromatic N) is 1. The van der Waals surface area contributed by atoms with E-state index in [4.69, 9.17) is 7.98 Å². The van der Waals surface area contributed by atoms with Gasteiger partial charge in [0.15, 0.2) is 0 Å². The first-order valence-electron chi connectivity index (χ1n) is 5.52. The molecule has 1 aromatic heterocycles. The van der Waals surface area contributed by atoms with Crippen LogP contribution in [0.4, 0.5) is 0 Å². The van der Waals surface area contributed by atoms with E-state index in [0.717, 1.165) is 16.6 Å². The minimum atomic E-state index is 0.995. The van der Waals surface area contributed by atoms with E-state index in [2.05, 4.69) is 24.0 Å². The lowest BCUT2D eigenvalue weighted by atomic mass is 10.1. The Kier molecular flexibility index (Phi) is 2.19. The van der Waals surface area contributed by atoms with Crippen molar-refractivity contribution in [2.75, 3.05) is 0 Å². The fourth-order valence-corrected chi connectivity index (χ4v) is 2.22. The summed E-state index contributed by atoms with van der Waals surface area (Å²) in [6, 6.07) is 14.3. The lowest BCUT2D eigenvalue weighted by Gasteiger charge is -1.98. The second-order valence-corrected chi connectivity index (χ2v) is 3.99. The smallest absolute Gasteiger partial charge is 0.234 e. The number of benzene rings is 2. The molecule has 0 fully saturated rings. The van der Waals surface area contributed by atoms with Crippen molar-refractivity contribution < 1.29 is 0 Å². The number of aromatic nitrogens is 1. The molecule has 0 saturated heterocycles. The fourth-order valence-electron chi connectivity index (χ4n) is 2.22. The maximum Gasteiger partial charge on any atom is 0.234 e. The molecular formula is C15H10BN. The topological polar surface area (TPSA) is 4.93 Å². The van der Waals surface area contributed by atoms with Crippen LogP contribution in [0.5, 0.6) is 0 Å². The van der Waals surface area contributed by atoms with Crippen LogP contribution >= 0.6 is 0 Å². The predicted molar refractivity (Wildman–Crippen MR) is 73.1 cm³/mol. The monoisotopic (exact) mass is 215 g/mol. The Hall–Kier alpha value is -2.14. The van der Waals surface area contributed by atoms with Gasteiger partial charge in [0, 0.05) is 27.4 Å². The van der Waals surface area contributed by atoms with Crippen molar-refractivity contribution in [1.82, 2.24) is 4.48 Å². The van der Waals surface area contributed by atoms with E-state index in [0.29, 0.717) is 0 Å². The molecule has 0 spiro atoms. The fraction of sp³-hybridized carbons (Fsp3) is 0.0667. The van der Waals surface area contributed by atoms with Crippen LogP contribution in [0, 0.1) is 11.8 Å². The summed E-state index contributed by atoms with van der Waals surface area (Å²) in [5, 5.41) is 2.35. The molecule has 0 aliphatic heterocycles. The normalized spacial score (nSPS) is 10.4. The highest BCUT2D eigenvalue weighted by atomic mass is 14.9. The first kappa shape index (κ1) is 10.0. The molecule has 3 rings (SSSR count). The van der Waals surface area contributed by atoms with E-state index >= 15 is 0 Å². The van der Waals surface area contributed by atoms with Gasteiger partial charge in [-0.25, -0.2) is 0 Å². The molecule has 0 saturated carbocycles. The quantitative estimate of drug-likeness (QED) is 0.401. The lowest BCUT2D eigenvalue weighted by Crippen LogP contribution is -1.90. The van der Waals surface area contributed by atoms with Crippen LogP contribution in [0.2, 0.25) is 0 Å². The molecule has 0 atom stereocenters. The molecule has 2 radical (unpaired) electrons. The molecule has 3 aromatic rings. The summed E-state index contributed by atoms with van der Waals surface area (Å²) in [5.41, 5.74) is 3.06. The number of fused-ring (bicyclic) bond motifs is 3. The Bertz CT molecular complexity index is 772. The summed E-state index contributed by atoms with van der Waals surface area (Å²) in [6.45, 7) is 1.84. The van der Waals surface area contributed by atoms with Crippen molar-refractivity contribution in [2.24, 2.45) is 0 Å². The highest BCUT2D eigenvalue weighted by molar-refractivity contribution is 6.21. The molecule has 78 valence electrons. The standard InChI is InChI=1S/C15H10BN/c1-2-5-11-8-9-13-12-6-3-4-7-14(12)17(16)15(13)10-11/h3-4,6-10H,1H3. The van der Waals surface area contributed by atoms with Crippen LogP contribution < -0.4 is 0 Å². The third kappa shape index (κ3) is 1.44. The van der Waals surface area contributed by atoms with Gasteiger partial charge in [0.05, 0.1) is 0 Å². The van der Waals surface area contributed by atoms with Gasteiger partial charge >= 0.3 is 0 Å². The Morgan fingerprint density at radius 3 is 2.59 bits per heavy atom. The molecular weight excluding hydrogens is 205 g/mol. The molecule has 17 heavy (non-hydrogen) atoms. The summed E-state index contributed by atoms with van der Waals surface area (Å²) in [4.78, 5) is 0. The van der Waals surface area contributed by atoms with E-state index in [-0.39, 0.29) is 0 Å². The summed E-state index contributed by atoms with van der Waals surface area (Å²) in [7, 11) is 6.11. The minimum absolute atomic E-state index is 0.995. The van der Waals surface area contributed by atoms with Crippen LogP contribution in [0.15, 0.2) is 42.5 Å². The van der Waals surface area contributed by atoms with Gasteiger partial charge in [-0.3, -0.25) is 0 Å². The summed E-state index contributed by atoms with van der Waals surface area (Å²) in [6.07, 6.45) is 0. The second kappa shape index (κ2) is 3.71. The number of rotatable bonds is 0. The van der Waals surface area contributed by atoms with Crippen LogP contribution in [0.1, 0.15) is 12.5 Å². The zero-order valence-corrected chi connectivity index (χ0v) is 9.57. The summed E-state index contributed by atoms with van der Waals surface area (Å²) < 4.78 is 1.73. The molecule has 2 heteroatoms. The second-order valence-electron chi connectivity index (χ2n) is 3.99. The molecule has 0 aliphatic carbocycles. The molecule has 2 aromatic carbocycles. The molecule has 0 aliphatic rings. The maximum atomic E-state index is 6.11. The van der Waals surface area contributed by atoms with Crippen molar-refractivity contribution in [3.8, 4) is 11.8 Å². The van der Waals surface area contributed by atoms with Crippen molar-refractivity contribution in [2.45, 2.75) is 6.92 Å². The Morgan fingerprint density at radius 1 is 1.00 bits per heavy atom. The van der Waals surface area contributed by atoms with Crippen LogP contribution in [-0.2, 0) is 0 Å². The SMILES string of the molecule is [B]n1c2ccccc2c2ccc(C#CC)cc21. The first-order chi connectivity index (χ1) is 8.31. The van der Waals surface area contributed by atoms with Crippen LogP contribution in [0.3, 0.4) is 0 Å². The van der Waals surface area contributed by atoms with Gasteiger partial charge in [-0.05, 0) is 25.1 Å². The molecule has 1 heterocycles. The van der Waals surface area contributed by atoms with Gasteiger partial charge < -0.3 is 4.48 Å². The van der Waals surface area contributed by atoms with E-state index in [1.165, 1.54) is 10.8 Å². The first-order valence-corrected chi connectivity index (χ1v) is 5.52. The molecule has 0 amide bonds. The number of hydrogen-bond acceptors (Lipinski definition) is 0. The zero-order chi connectivity index (χ0) is 11.8. The third-order valence-corrected chi connectivity index (χ3v) is 2.98. The molecule has 0 unspecified atom stereocenters. The van der Waals surface area contributed by atoms with Gasteiger partial charge in [0.2, 0.25) is 7.98 Å². The van der Waals surface area contributed by atoms with Gasteiger partial charge in [0.25, 0.3) is 0 Å². The van der Waals surface area contributed by atoms with E-state index in [1.807, 2.05) is 37.3 Å². The molecule has 0 bridgehead atoms.